The zero-order valence-corrected chi connectivity index (χ0v) is 11.2. The molecular formula is C15H17N3O2. The number of piperidine rings is 1. The smallest absolute Gasteiger partial charge is 0.253 e. The third-order valence-electron chi connectivity index (χ3n) is 3.88. The highest BCUT2D eigenvalue weighted by molar-refractivity contribution is 5.97. The molecule has 104 valence electrons. The number of carbonyl (C=O) groups is 1. The van der Waals surface area contributed by atoms with E-state index in [0.717, 1.165) is 23.9 Å². The SMILES string of the molecule is O=C(c1ccc2nccnc2c1)N1CCC(CO)CC1. The van der Waals surface area contributed by atoms with Gasteiger partial charge in [-0.3, -0.25) is 14.8 Å². The minimum atomic E-state index is 0.0361. The van der Waals surface area contributed by atoms with Gasteiger partial charge in [0.15, 0.2) is 0 Å². The van der Waals surface area contributed by atoms with Crippen molar-refractivity contribution in [2.75, 3.05) is 19.7 Å². The Morgan fingerprint density at radius 3 is 2.60 bits per heavy atom. The van der Waals surface area contributed by atoms with Crippen LogP contribution in [0.4, 0.5) is 0 Å². The number of fused-ring (bicyclic) bond motifs is 1. The molecule has 0 atom stereocenters. The van der Waals surface area contributed by atoms with Crippen molar-refractivity contribution in [2.24, 2.45) is 5.92 Å². The van der Waals surface area contributed by atoms with E-state index in [1.165, 1.54) is 0 Å². The van der Waals surface area contributed by atoms with E-state index in [2.05, 4.69) is 9.97 Å². The van der Waals surface area contributed by atoms with Crippen molar-refractivity contribution in [1.82, 2.24) is 14.9 Å². The zero-order chi connectivity index (χ0) is 13.9. The highest BCUT2D eigenvalue weighted by Crippen LogP contribution is 2.19. The largest absolute Gasteiger partial charge is 0.396 e. The summed E-state index contributed by atoms with van der Waals surface area (Å²) in [6.07, 6.45) is 5.01. The third-order valence-corrected chi connectivity index (χ3v) is 3.88. The number of aliphatic hydroxyl groups is 1. The topological polar surface area (TPSA) is 66.3 Å². The number of carbonyl (C=O) groups excluding carboxylic acids is 1. The Morgan fingerprint density at radius 2 is 1.90 bits per heavy atom. The van der Waals surface area contributed by atoms with Gasteiger partial charge in [-0.25, -0.2) is 0 Å². The van der Waals surface area contributed by atoms with E-state index in [1.807, 2.05) is 11.0 Å². The van der Waals surface area contributed by atoms with Crippen LogP contribution in [0.25, 0.3) is 11.0 Å². The van der Waals surface area contributed by atoms with Gasteiger partial charge >= 0.3 is 0 Å². The molecule has 5 nitrogen and oxygen atoms in total. The first kappa shape index (κ1) is 13.0. The lowest BCUT2D eigenvalue weighted by atomic mass is 9.97. The lowest BCUT2D eigenvalue weighted by Crippen LogP contribution is -2.39. The van der Waals surface area contributed by atoms with E-state index in [0.29, 0.717) is 24.6 Å². The number of benzene rings is 1. The molecule has 2 heterocycles. The van der Waals surface area contributed by atoms with E-state index in [1.54, 1.807) is 24.5 Å². The maximum atomic E-state index is 12.5. The number of nitrogens with zero attached hydrogens (tertiary/aromatic N) is 3. The second-order valence-corrected chi connectivity index (χ2v) is 5.18. The first-order chi connectivity index (χ1) is 9.78. The number of aromatic nitrogens is 2. The summed E-state index contributed by atoms with van der Waals surface area (Å²) in [7, 11) is 0. The average molecular weight is 271 g/mol. The van der Waals surface area contributed by atoms with Gasteiger partial charge in [0.05, 0.1) is 11.0 Å². The van der Waals surface area contributed by atoms with Crippen molar-refractivity contribution in [3.05, 3.63) is 36.2 Å². The normalized spacial score (nSPS) is 16.6. The first-order valence-corrected chi connectivity index (χ1v) is 6.89. The van der Waals surface area contributed by atoms with Crippen LogP contribution in [0.1, 0.15) is 23.2 Å². The first-order valence-electron chi connectivity index (χ1n) is 6.89. The van der Waals surface area contributed by atoms with Gasteiger partial charge in [-0.15, -0.1) is 0 Å². The molecule has 2 aromatic rings. The van der Waals surface area contributed by atoms with Gasteiger partial charge in [0.2, 0.25) is 0 Å². The van der Waals surface area contributed by atoms with Crippen LogP contribution in [0.15, 0.2) is 30.6 Å². The Balaban J connectivity index is 1.79. The van der Waals surface area contributed by atoms with Crippen LogP contribution < -0.4 is 0 Å². The maximum Gasteiger partial charge on any atom is 0.253 e. The van der Waals surface area contributed by atoms with Gasteiger partial charge < -0.3 is 10.0 Å². The van der Waals surface area contributed by atoms with Crippen LogP contribution in [-0.2, 0) is 0 Å². The molecule has 0 unspecified atom stereocenters. The molecule has 20 heavy (non-hydrogen) atoms. The van der Waals surface area contributed by atoms with E-state index >= 15 is 0 Å². The molecule has 5 heteroatoms. The Hall–Kier alpha value is -2.01. The zero-order valence-electron chi connectivity index (χ0n) is 11.2. The maximum absolute atomic E-state index is 12.5. The number of rotatable bonds is 2. The summed E-state index contributed by atoms with van der Waals surface area (Å²) in [5.74, 6) is 0.371. The van der Waals surface area contributed by atoms with E-state index < -0.39 is 0 Å². The van der Waals surface area contributed by atoms with Crippen molar-refractivity contribution in [1.29, 1.82) is 0 Å². The van der Waals surface area contributed by atoms with Crippen molar-refractivity contribution in [3.63, 3.8) is 0 Å². The molecule has 1 aromatic heterocycles. The number of amides is 1. The van der Waals surface area contributed by atoms with Crippen molar-refractivity contribution in [3.8, 4) is 0 Å². The van der Waals surface area contributed by atoms with Gasteiger partial charge in [-0.1, -0.05) is 0 Å². The number of likely N-dealkylation sites (tertiary alicyclic amines) is 1. The Morgan fingerprint density at radius 1 is 1.20 bits per heavy atom. The van der Waals surface area contributed by atoms with Crippen LogP contribution >= 0.6 is 0 Å². The van der Waals surface area contributed by atoms with Gasteiger partial charge in [0.25, 0.3) is 5.91 Å². The summed E-state index contributed by atoms with van der Waals surface area (Å²) in [6.45, 7) is 1.64. The monoisotopic (exact) mass is 271 g/mol. The predicted molar refractivity (Wildman–Crippen MR) is 75.3 cm³/mol. The molecule has 0 saturated carbocycles. The van der Waals surface area contributed by atoms with E-state index in [-0.39, 0.29) is 12.5 Å². The lowest BCUT2D eigenvalue weighted by molar-refractivity contribution is 0.0651. The van der Waals surface area contributed by atoms with Crippen LogP contribution in [-0.4, -0.2) is 45.6 Å². The molecule has 0 bridgehead atoms. The van der Waals surface area contributed by atoms with Crippen LogP contribution in [0, 0.1) is 5.92 Å². The van der Waals surface area contributed by atoms with E-state index in [4.69, 9.17) is 5.11 Å². The van der Waals surface area contributed by atoms with Crippen molar-refractivity contribution >= 4 is 16.9 Å². The van der Waals surface area contributed by atoms with Gasteiger partial charge in [-0.2, -0.15) is 0 Å². The Bertz CT molecular complexity index is 621. The molecule has 0 radical (unpaired) electrons. The highest BCUT2D eigenvalue weighted by Gasteiger charge is 2.23. The predicted octanol–water partition coefficient (Wildman–Crippen LogP) is 1.47. The molecule has 1 amide bonds. The number of aliphatic hydroxyl groups excluding tert-OH is 1. The van der Waals surface area contributed by atoms with Gasteiger partial charge in [-0.05, 0) is 37.0 Å². The molecule has 3 rings (SSSR count). The average Bonchev–Trinajstić information content (AvgIpc) is 2.54. The molecule has 0 aliphatic carbocycles. The second kappa shape index (κ2) is 5.54. The summed E-state index contributed by atoms with van der Waals surface area (Å²) < 4.78 is 0. The lowest BCUT2D eigenvalue weighted by Gasteiger charge is -2.31. The number of hydrogen-bond acceptors (Lipinski definition) is 4. The van der Waals surface area contributed by atoms with Crippen molar-refractivity contribution < 1.29 is 9.90 Å². The summed E-state index contributed by atoms with van der Waals surface area (Å²) >= 11 is 0. The highest BCUT2D eigenvalue weighted by atomic mass is 16.3. The fraction of sp³-hybridized carbons (Fsp3) is 0.400. The summed E-state index contributed by atoms with van der Waals surface area (Å²) in [5, 5.41) is 9.13. The fourth-order valence-electron chi connectivity index (χ4n) is 2.60. The fourth-order valence-corrected chi connectivity index (χ4v) is 2.60. The van der Waals surface area contributed by atoms with Crippen LogP contribution in [0.5, 0.6) is 0 Å². The molecule has 1 aliphatic rings. The Kier molecular flexibility index (Phi) is 3.60. The van der Waals surface area contributed by atoms with Gasteiger partial charge in [0, 0.05) is 37.7 Å². The van der Waals surface area contributed by atoms with Crippen molar-refractivity contribution in [2.45, 2.75) is 12.8 Å². The number of hydrogen-bond donors (Lipinski definition) is 1. The van der Waals surface area contributed by atoms with Crippen LogP contribution in [0.2, 0.25) is 0 Å². The summed E-state index contributed by atoms with van der Waals surface area (Å²) in [4.78, 5) is 22.7. The molecule has 1 fully saturated rings. The second-order valence-electron chi connectivity index (χ2n) is 5.18. The molecule has 1 saturated heterocycles. The standard InChI is InChI=1S/C15H17N3O2/c19-10-11-3-7-18(8-4-11)15(20)12-1-2-13-14(9-12)17-6-5-16-13/h1-2,5-6,9,11,19H,3-4,7-8,10H2. The quantitative estimate of drug-likeness (QED) is 0.898. The molecule has 1 aromatic carbocycles. The van der Waals surface area contributed by atoms with E-state index in [9.17, 15) is 4.79 Å². The molecular weight excluding hydrogens is 254 g/mol. The van der Waals surface area contributed by atoms with Crippen LogP contribution in [0.3, 0.4) is 0 Å². The molecule has 0 spiro atoms. The minimum absolute atomic E-state index is 0.0361. The summed E-state index contributed by atoms with van der Waals surface area (Å²) in [6, 6.07) is 5.43. The van der Waals surface area contributed by atoms with Gasteiger partial charge in [0.1, 0.15) is 0 Å². The summed E-state index contributed by atoms with van der Waals surface area (Å²) in [5.41, 5.74) is 2.19. The Labute approximate surface area is 117 Å². The third kappa shape index (κ3) is 2.49. The minimum Gasteiger partial charge on any atom is -0.396 e. The molecule has 1 aliphatic heterocycles. The molecule has 1 N–H and O–H groups in total.